The van der Waals surface area contributed by atoms with E-state index in [1.807, 2.05) is 38.1 Å². The molecule has 2 rings (SSSR count). The fraction of sp³-hybridized carbons (Fsp3) is 0.500. The first-order valence-corrected chi connectivity index (χ1v) is 7.74. The fourth-order valence-corrected chi connectivity index (χ4v) is 2.93. The van der Waals surface area contributed by atoms with Crippen molar-refractivity contribution in [2.45, 2.75) is 45.2 Å². The van der Waals surface area contributed by atoms with Crippen molar-refractivity contribution in [3.8, 4) is 0 Å². The van der Waals surface area contributed by atoms with Gasteiger partial charge in [-0.2, -0.15) is 0 Å². The Balaban J connectivity index is 2.28. The second-order valence-electron chi connectivity index (χ2n) is 5.41. The van der Waals surface area contributed by atoms with Gasteiger partial charge in [-0.3, -0.25) is 9.59 Å². The SMILES string of the molecule is CCC1(CC)NC(=O)CCN(Cc2ccccc2Cl)C1=O. The van der Waals surface area contributed by atoms with Gasteiger partial charge in [-0.1, -0.05) is 43.6 Å². The lowest BCUT2D eigenvalue weighted by atomic mass is 9.91. The molecular weight excluding hydrogens is 288 g/mol. The van der Waals surface area contributed by atoms with Crippen LogP contribution in [0.5, 0.6) is 0 Å². The Kier molecular flexibility index (Phi) is 4.88. The number of carbonyl (C=O) groups excluding carboxylic acids is 2. The number of hydrogen-bond donors (Lipinski definition) is 1. The van der Waals surface area contributed by atoms with Gasteiger partial charge in [-0.05, 0) is 24.5 Å². The summed E-state index contributed by atoms with van der Waals surface area (Å²) in [7, 11) is 0. The van der Waals surface area contributed by atoms with Crippen molar-refractivity contribution in [1.29, 1.82) is 0 Å². The largest absolute Gasteiger partial charge is 0.342 e. The summed E-state index contributed by atoms with van der Waals surface area (Å²) in [5, 5.41) is 3.55. The molecule has 0 spiro atoms. The van der Waals surface area contributed by atoms with Crippen LogP contribution in [0.15, 0.2) is 24.3 Å². The molecule has 4 nitrogen and oxygen atoms in total. The van der Waals surface area contributed by atoms with Gasteiger partial charge in [-0.25, -0.2) is 0 Å². The van der Waals surface area contributed by atoms with Crippen LogP contribution in [0.4, 0.5) is 0 Å². The van der Waals surface area contributed by atoms with Crippen molar-refractivity contribution in [3.63, 3.8) is 0 Å². The molecule has 1 heterocycles. The molecule has 1 fully saturated rings. The van der Waals surface area contributed by atoms with Crippen LogP contribution in [-0.4, -0.2) is 28.8 Å². The maximum absolute atomic E-state index is 12.9. The smallest absolute Gasteiger partial charge is 0.248 e. The van der Waals surface area contributed by atoms with Gasteiger partial charge >= 0.3 is 0 Å². The standard InChI is InChI=1S/C16H21ClN2O2/c1-3-16(4-2)15(21)19(10-9-14(20)18-16)11-12-7-5-6-8-13(12)17/h5-8H,3-4,9-11H2,1-2H3,(H,18,20). The van der Waals surface area contributed by atoms with E-state index < -0.39 is 5.54 Å². The topological polar surface area (TPSA) is 49.4 Å². The summed E-state index contributed by atoms with van der Waals surface area (Å²) in [6.07, 6.45) is 1.51. The van der Waals surface area contributed by atoms with E-state index in [0.717, 1.165) is 5.56 Å². The lowest BCUT2D eigenvalue weighted by Gasteiger charge is -2.33. The zero-order valence-electron chi connectivity index (χ0n) is 12.5. The highest BCUT2D eigenvalue weighted by Crippen LogP contribution is 2.25. The Morgan fingerprint density at radius 1 is 1.24 bits per heavy atom. The van der Waals surface area contributed by atoms with E-state index in [-0.39, 0.29) is 11.8 Å². The summed E-state index contributed by atoms with van der Waals surface area (Å²) in [4.78, 5) is 26.5. The molecule has 5 heteroatoms. The molecule has 0 aliphatic carbocycles. The van der Waals surface area contributed by atoms with E-state index in [1.165, 1.54) is 0 Å². The van der Waals surface area contributed by atoms with Gasteiger partial charge in [0.1, 0.15) is 5.54 Å². The van der Waals surface area contributed by atoms with E-state index in [4.69, 9.17) is 11.6 Å². The second kappa shape index (κ2) is 6.48. The van der Waals surface area contributed by atoms with Crippen molar-refractivity contribution in [2.75, 3.05) is 6.54 Å². The molecule has 1 saturated heterocycles. The highest BCUT2D eigenvalue weighted by molar-refractivity contribution is 6.31. The number of carbonyl (C=O) groups is 2. The van der Waals surface area contributed by atoms with E-state index >= 15 is 0 Å². The monoisotopic (exact) mass is 308 g/mol. The predicted octanol–water partition coefficient (Wildman–Crippen LogP) is 2.75. The molecule has 2 amide bonds. The molecule has 21 heavy (non-hydrogen) atoms. The van der Waals surface area contributed by atoms with Crippen molar-refractivity contribution in [2.24, 2.45) is 0 Å². The molecule has 1 aromatic rings. The predicted molar refractivity (Wildman–Crippen MR) is 82.9 cm³/mol. The minimum Gasteiger partial charge on any atom is -0.342 e. The Morgan fingerprint density at radius 3 is 2.52 bits per heavy atom. The fourth-order valence-electron chi connectivity index (χ4n) is 2.74. The average Bonchev–Trinajstić information content (AvgIpc) is 2.61. The molecule has 1 aliphatic heterocycles. The molecular formula is C16H21ClN2O2. The number of nitrogens with one attached hydrogen (secondary N) is 1. The second-order valence-corrected chi connectivity index (χ2v) is 5.81. The summed E-state index contributed by atoms with van der Waals surface area (Å²) in [6, 6.07) is 7.49. The molecule has 0 saturated carbocycles. The molecule has 0 radical (unpaired) electrons. The van der Waals surface area contributed by atoms with Crippen LogP contribution in [-0.2, 0) is 16.1 Å². The first kappa shape index (κ1) is 15.8. The Morgan fingerprint density at radius 2 is 1.90 bits per heavy atom. The molecule has 0 atom stereocenters. The molecule has 1 aromatic carbocycles. The van der Waals surface area contributed by atoms with Crippen LogP contribution in [0.2, 0.25) is 5.02 Å². The zero-order valence-corrected chi connectivity index (χ0v) is 13.2. The highest BCUT2D eigenvalue weighted by atomic mass is 35.5. The summed E-state index contributed by atoms with van der Waals surface area (Å²) in [6.45, 7) is 4.73. The third-order valence-electron chi connectivity index (χ3n) is 4.21. The zero-order chi connectivity index (χ0) is 15.5. The lowest BCUT2D eigenvalue weighted by molar-refractivity contribution is -0.139. The van der Waals surface area contributed by atoms with Crippen molar-refractivity contribution in [3.05, 3.63) is 34.9 Å². The number of benzene rings is 1. The quantitative estimate of drug-likeness (QED) is 0.930. The van der Waals surface area contributed by atoms with Crippen LogP contribution in [0.25, 0.3) is 0 Å². The van der Waals surface area contributed by atoms with Crippen LogP contribution in [0.1, 0.15) is 38.7 Å². The molecule has 114 valence electrons. The molecule has 1 N–H and O–H groups in total. The van der Waals surface area contributed by atoms with Gasteiger partial charge in [-0.15, -0.1) is 0 Å². The van der Waals surface area contributed by atoms with Gasteiger partial charge in [0.25, 0.3) is 0 Å². The molecule has 1 aliphatic rings. The number of rotatable bonds is 4. The number of hydrogen-bond acceptors (Lipinski definition) is 2. The van der Waals surface area contributed by atoms with Crippen LogP contribution >= 0.6 is 11.6 Å². The van der Waals surface area contributed by atoms with Gasteiger partial charge < -0.3 is 10.2 Å². The van der Waals surface area contributed by atoms with Crippen LogP contribution < -0.4 is 5.32 Å². The van der Waals surface area contributed by atoms with E-state index in [0.29, 0.717) is 37.4 Å². The van der Waals surface area contributed by atoms with Gasteiger partial charge in [0.15, 0.2) is 0 Å². The Bertz CT molecular complexity index is 541. The lowest BCUT2D eigenvalue weighted by Crippen LogP contribution is -2.56. The molecule has 0 unspecified atom stereocenters. The normalized spacial score (nSPS) is 18.3. The van der Waals surface area contributed by atoms with Crippen molar-refractivity contribution >= 4 is 23.4 Å². The van der Waals surface area contributed by atoms with Crippen LogP contribution in [0.3, 0.4) is 0 Å². The average molecular weight is 309 g/mol. The Hall–Kier alpha value is -1.55. The van der Waals surface area contributed by atoms with Crippen molar-refractivity contribution < 1.29 is 9.59 Å². The maximum atomic E-state index is 12.9. The van der Waals surface area contributed by atoms with Gasteiger partial charge in [0, 0.05) is 24.5 Å². The van der Waals surface area contributed by atoms with E-state index in [1.54, 1.807) is 4.90 Å². The van der Waals surface area contributed by atoms with E-state index in [2.05, 4.69) is 5.32 Å². The summed E-state index contributed by atoms with van der Waals surface area (Å²) < 4.78 is 0. The first-order chi connectivity index (χ1) is 10.0. The van der Waals surface area contributed by atoms with Crippen molar-refractivity contribution in [1.82, 2.24) is 10.2 Å². The summed E-state index contributed by atoms with van der Waals surface area (Å²) in [5.74, 6) is -0.0769. The molecule has 0 bridgehead atoms. The highest BCUT2D eigenvalue weighted by Gasteiger charge is 2.41. The van der Waals surface area contributed by atoms with Gasteiger partial charge in [0.2, 0.25) is 11.8 Å². The maximum Gasteiger partial charge on any atom is 0.248 e. The van der Waals surface area contributed by atoms with Gasteiger partial charge in [0.05, 0.1) is 0 Å². The first-order valence-electron chi connectivity index (χ1n) is 7.36. The number of amides is 2. The van der Waals surface area contributed by atoms with E-state index in [9.17, 15) is 9.59 Å². The third kappa shape index (κ3) is 3.21. The summed E-state index contributed by atoms with van der Waals surface area (Å²) in [5.41, 5.74) is 0.123. The Labute approximate surface area is 130 Å². The summed E-state index contributed by atoms with van der Waals surface area (Å²) >= 11 is 6.18. The third-order valence-corrected chi connectivity index (χ3v) is 4.58. The molecule has 0 aromatic heterocycles. The van der Waals surface area contributed by atoms with Crippen LogP contribution in [0, 0.1) is 0 Å². The minimum absolute atomic E-state index is 0.0155. The number of halogens is 1. The minimum atomic E-state index is -0.783. The number of nitrogens with zero attached hydrogens (tertiary/aromatic N) is 1.